The second kappa shape index (κ2) is 11.0. The molecule has 120 valence electrons. The molecule has 0 spiro atoms. The minimum absolute atomic E-state index is 0.125. The van der Waals surface area contributed by atoms with Gasteiger partial charge in [0.15, 0.2) is 0 Å². The van der Waals surface area contributed by atoms with E-state index in [1.807, 2.05) is 0 Å². The predicted molar refractivity (Wildman–Crippen MR) is 91.8 cm³/mol. The lowest BCUT2D eigenvalue weighted by Crippen LogP contribution is -2.25. The second-order valence-electron chi connectivity index (χ2n) is 4.65. The normalized spacial score (nSPS) is 17.2. The Balaban J connectivity index is 4.45. The Morgan fingerprint density at radius 3 is 2.05 bits per heavy atom. The maximum absolute atomic E-state index is 13.0. The van der Waals surface area contributed by atoms with E-state index in [0.717, 1.165) is 12.8 Å². The minimum atomic E-state index is -2.43. The zero-order valence-corrected chi connectivity index (χ0v) is 15.7. The van der Waals surface area contributed by atoms with Gasteiger partial charge in [0.05, 0.1) is 19.4 Å². The van der Waals surface area contributed by atoms with Crippen molar-refractivity contribution in [3.8, 4) is 0 Å². The van der Waals surface area contributed by atoms with E-state index in [2.05, 4.69) is 33.0 Å². The summed E-state index contributed by atoms with van der Waals surface area (Å²) >= 11 is 3.12. The Morgan fingerprint density at radius 1 is 1.15 bits per heavy atom. The SMILES string of the molecule is CCOC(=O)CNCP(=O)(SC(C)CC)SC(C)CC. The lowest BCUT2D eigenvalue weighted by Gasteiger charge is -2.23. The van der Waals surface area contributed by atoms with Gasteiger partial charge in [0.25, 0.3) is 0 Å². The van der Waals surface area contributed by atoms with Crippen LogP contribution in [0.15, 0.2) is 0 Å². The number of carbonyl (C=O) groups is 1. The third kappa shape index (κ3) is 9.32. The van der Waals surface area contributed by atoms with E-state index in [4.69, 9.17) is 4.74 Å². The van der Waals surface area contributed by atoms with Crippen molar-refractivity contribution in [3.05, 3.63) is 0 Å². The first kappa shape index (κ1) is 20.4. The molecule has 2 unspecified atom stereocenters. The Morgan fingerprint density at radius 2 is 1.65 bits per heavy atom. The topological polar surface area (TPSA) is 55.4 Å². The Bertz CT molecular complexity index is 313. The summed E-state index contributed by atoms with van der Waals surface area (Å²) in [4.78, 5) is 11.3. The van der Waals surface area contributed by atoms with Crippen LogP contribution >= 0.6 is 28.3 Å². The summed E-state index contributed by atoms with van der Waals surface area (Å²) in [6.07, 6.45) is 2.36. The Hall–Kier alpha value is 0.360. The fourth-order valence-corrected chi connectivity index (χ4v) is 11.7. The van der Waals surface area contributed by atoms with Gasteiger partial charge in [-0.2, -0.15) is 0 Å². The van der Waals surface area contributed by atoms with Gasteiger partial charge in [-0.15, -0.1) is 0 Å². The molecule has 7 heteroatoms. The van der Waals surface area contributed by atoms with E-state index in [1.165, 1.54) is 0 Å². The average molecular weight is 341 g/mol. The van der Waals surface area contributed by atoms with Gasteiger partial charge in [-0.25, -0.2) is 0 Å². The third-order valence-electron chi connectivity index (χ3n) is 2.71. The zero-order chi connectivity index (χ0) is 15.6. The number of carbonyl (C=O) groups excluding carboxylic acids is 1. The van der Waals surface area contributed by atoms with Crippen molar-refractivity contribution in [2.75, 3.05) is 19.4 Å². The molecule has 1 N–H and O–H groups in total. The van der Waals surface area contributed by atoms with Gasteiger partial charge in [0.2, 0.25) is 5.55 Å². The highest BCUT2D eigenvalue weighted by Gasteiger charge is 2.28. The highest BCUT2D eigenvalue weighted by molar-refractivity contribution is 8.90. The molecule has 0 saturated carbocycles. The number of ether oxygens (including phenoxy) is 1. The standard InChI is InChI=1S/C13H28NO3PS2/c1-6-11(4)19-18(16,20-12(5)7-2)10-14-9-13(15)17-8-3/h11-12,14H,6-10H2,1-5H3. The first-order chi connectivity index (χ1) is 9.36. The molecule has 0 amide bonds. The fourth-order valence-electron chi connectivity index (χ4n) is 1.30. The van der Waals surface area contributed by atoms with E-state index in [1.54, 1.807) is 29.7 Å². The van der Waals surface area contributed by atoms with Crippen molar-refractivity contribution in [2.24, 2.45) is 0 Å². The van der Waals surface area contributed by atoms with E-state index < -0.39 is 5.55 Å². The molecule has 4 nitrogen and oxygen atoms in total. The monoisotopic (exact) mass is 341 g/mol. The highest BCUT2D eigenvalue weighted by Crippen LogP contribution is 2.71. The molecule has 0 rings (SSSR count). The summed E-state index contributed by atoms with van der Waals surface area (Å²) in [6, 6.07) is 0. The van der Waals surface area contributed by atoms with Crippen LogP contribution in [0.25, 0.3) is 0 Å². The first-order valence-corrected chi connectivity index (χ1v) is 12.0. The van der Waals surface area contributed by atoms with Crippen LogP contribution in [0.3, 0.4) is 0 Å². The lowest BCUT2D eigenvalue weighted by molar-refractivity contribution is -0.141. The van der Waals surface area contributed by atoms with Crippen LogP contribution in [0, 0.1) is 0 Å². The van der Waals surface area contributed by atoms with Crippen molar-refractivity contribution >= 4 is 34.3 Å². The van der Waals surface area contributed by atoms with Gasteiger partial charge in [0.1, 0.15) is 0 Å². The molecular weight excluding hydrogens is 313 g/mol. The molecule has 0 bridgehead atoms. The summed E-state index contributed by atoms with van der Waals surface area (Å²) in [7, 11) is 0. The van der Waals surface area contributed by atoms with Crippen molar-refractivity contribution < 1.29 is 14.1 Å². The van der Waals surface area contributed by atoms with Crippen LogP contribution in [0.1, 0.15) is 47.5 Å². The maximum atomic E-state index is 13.0. The van der Waals surface area contributed by atoms with Crippen LogP contribution in [0.5, 0.6) is 0 Å². The summed E-state index contributed by atoms with van der Waals surface area (Å²) in [5.41, 5.74) is -2.43. The molecule has 0 aromatic heterocycles. The number of hydrogen-bond acceptors (Lipinski definition) is 6. The largest absolute Gasteiger partial charge is 0.465 e. The molecule has 0 saturated heterocycles. The van der Waals surface area contributed by atoms with Crippen molar-refractivity contribution in [1.29, 1.82) is 0 Å². The fraction of sp³-hybridized carbons (Fsp3) is 0.923. The smallest absolute Gasteiger partial charge is 0.319 e. The number of esters is 1. The van der Waals surface area contributed by atoms with Gasteiger partial charge in [-0.05, 0) is 19.8 Å². The summed E-state index contributed by atoms with van der Waals surface area (Å²) in [6.45, 7) is 10.7. The van der Waals surface area contributed by atoms with Crippen molar-refractivity contribution in [1.82, 2.24) is 5.32 Å². The van der Waals surface area contributed by atoms with Gasteiger partial charge in [-0.1, -0.05) is 50.5 Å². The minimum Gasteiger partial charge on any atom is -0.465 e. The zero-order valence-electron chi connectivity index (χ0n) is 13.2. The molecule has 0 radical (unpaired) electrons. The van der Waals surface area contributed by atoms with E-state index >= 15 is 0 Å². The van der Waals surface area contributed by atoms with Crippen LogP contribution < -0.4 is 5.32 Å². The number of nitrogens with one attached hydrogen (secondary N) is 1. The second-order valence-corrected chi connectivity index (χ2v) is 13.7. The van der Waals surface area contributed by atoms with Crippen LogP contribution in [0.4, 0.5) is 0 Å². The Kier molecular flexibility index (Phi) is 11.2. The molecule has 0 aromatic rings. The van der Waals surface area contributed by atoms with E-state index in [-0.39, 0.29) is 12.5 Å². The molecule has 2 atom stereocenters. The molecule has 0 aliphatic heterocycles. The quantitative estimate of drug-likeness (QED) is 0.445. The molecule has 0 aliphatic rings. The molecule has 20 heavy (non-hydrogen) atoms. The van der Waals surface area contributed by atoms with Gasteiger partial charge in [0, 0.05) is 10.5 Å². The van der Waals surface area contributed by atoms with Crippen LogP contribution in [0.2, 0.25) is 0 Å². The summed E-state index contributed by atoms with van der Waals surface area (Å²) in [5, 5.41) is 3.72. The van der Waals surface area contributed by atoms with Gasteiger partial charge in [-0.3, -0.25) is 14.7 Å². The molecule has 0 aromatic carbocycles. The van der Waals surface area contributed by atoms with E-state index in [0.29, 0.717) is 23.4 Å². The van der Waals surface area contributed by atoms with Crippen molar-refractivity contribution in [2.45, 2.75) is 58.0 Å². The molecule has 0 aliphatic carbocycles. The number of hydrogen-bond donors (Lipinski definition) is 1. The summed E-state index contributed by atoms with van der Waals surface area (Å²) < 4.78 is 17.9. The maximum Gasteiger partial charge on any atom is 0.319 e. The van der Waals surface area contributed by atoms with Gasteiger partial charge < -0.3 is 4.74 Å². The van der Waals surface area contributed by atoms with E-state index in [9.17, 15) is 9.36 Å². The summed E-state index contributed by atoms with van der Waals surface area (Å²) in [5.74, 6) is -0.291. The van der Waals surface area contributed by atoms with Crippen molar-refractivity contribution in [3.63, 3.8) is 0 Å². The van der Waals surface area contributed by atoms with Gasteiger partial charge >= 0.3 is 5.97 Å². The van der Waals surface area contributed by atoms with Crippen LogP contribution in [-0.4, -0.2) is 35.9 Å². The first-order valence-electron chi connectivity index (χ1n) is 7.19. The molecule has 0 fully saturated rings. The average Bonchev–Trinajstić information content (AvgIpc) is 2.38. The highest BCUT2D eigenvalue weighted by atomic mass is 33.1. The predicted octanol–water partition coefficient (Wildman–Crippen LogP) is 4.35. The molecule has 0 heterocycles. The third-order valence-corrected chi connectivity index (χ3v) is 11.8. The number of rotatable bonds is 11. The lowest BCUT2D eigenvalue weighted by atomic mass is 10.4. The Labute approximate surface area is 131 Å². The molecular formula is C13H28NO3PS2. The van der Waals surface area contributed by atoms with Crippen LogP contribution in [-0.2, 0) is 14.1 Å².